The summed E-state index contributed by atoms with van der Waals surface area (Å²) in [5, 5.41) is 0. The monoisotopic (exact) mass is 312 g/mol. The van der Waals surface area contributed by atoms with E-state index in [0.29, 0.717) is 18.5 Å². The predicted octanol–water partition coefficient (Wildman–Crippen LogP) is 1.81. The Labute approximate surface area is 133 Å². The maximum atomic E-state index is 13.3. The highest BCUT2D eigenvalue weighted by Crippen LogP contribution is 2.24. The van der Waals surface area contributed by atoms with Crippen LogP contribution in [0.4, 0.5) is 4.39 Å². The lowest BCUT2D eigenvalue weighted by Gasteiger charge is -2.35. The summed E-state index contributed by atoms with van der Waals surface area (Å²) in [5.74, 6) is -1.13. The van der Waals surface area contributed by atoms with Crippen LogP contribution < -0.4 is 5.73 Å². The van der Waals surface area contributed by atoms with Gasteiger partial charge < -0.3 is 10.6 Å². The molecular formula is C18H17FN2O2. The Hall–Kier alpha value is -2.69. The minimum atomic E-state index is -0.661. The van der Waals surface area contributed by atoms with Gasteiger partial charge in [0, 0.05) is 13.0 Å². The summed E-state index contributed by atoms with van der Waals surface area (Å²) in [4.78, 5) is 25.8. The summed E-state index contributed by atoms with van der Waals surface area (Å²) < 4.78 is 13.3. The highest BCUT2D eigenvalue weighted by atomic mass is 19.1. The fourth-order valence-corrected chi connectivity index (χ4v) is 2.96. The number of fused-ring (bicyclic) bond motifs is 1. The molecule has 1 unspecified atom stereocenters. The van der Waals surface area contributed by atoms with Crippen LogP contribution in [0.2, 0.25) is 0 Å². The third-order valence-electron chi connectivity index (χ3n) is 4.14. The van der Waals surface area contributed by atoms with Crippen LogP contribution in [-0.2, 0) is 29.0 Å². The van der Waals surface area contributed by atoms with Crippen molar-refractivity contribution in [2.24, 2.45) is 5.73 Å². The number of primary amides is 1. The van der Waals surface area contributed by atoms with E-state index in [1.54, 1.807) is 12.1 Å². The summed E-state index contributed by atoms with van der Waals surface area (Å²) in [5.41, 5.74) is 8.10. The molecule has 2 amide bonds. The maximum absolute atomic E-state index is 13.3. The highest BCUT2D eigenvalue weighted by molar-refractivity contribution is 5.88. The van der Waals surface area contributed by atoms with Crippen LogP contribution in [0.15, 0.2) is 48.5 Å². The molecule has 0 saturated carbocycles. The zero-order valence-corrected chi connectivity index (χ0v) is 12.5. The van der Waals surface area contributed by atoms with Crippen molar-refractivity contribution in [1.82, 2.24) is 4.90 Å². The van der Waals surface area contributed by atoms with Crippen LogP contribution in [0.25, 0.3) is 0 Å². The van der Waals surface area contributed by atoms with Crippen LogP contribution >= 0.6 is 0 Å². The molecule has 1 aliphatic rings. The molecule has 4 nitrogen and oxygen atoms in total. The van der Waals surface area contributed by atoms with Crippen molar-refractivity contribution < 1.29 is 14.0 Å². The Bertz CT molecular complexity index is 760. The summed E-state index contributed by atoms with van der Waals surface area (Å²) in [6, 6.07) is 12.9. The van der Waals surface area contributed by atoms with E-state index < -0.39 is 11.9 Å². The first-order valence-corrected chi connectivity index (χ1v) is 7.44. The minimum absolute atomic E-state index is 0.0453. The lowest BCUT2D eigenvalue weighted by Crippen LogP contribution is -2.51. The van der Waals surface area contributed by atoms with Gasteiger partial charge in [-0.15, -0.1) is 0 Å². The van der Waals surface area contributed by atoms with Crippen molar-refractivity contribution in [3.05, 3.63) is 71.0 Å². The number of hydrogen-bond acceptors (Lipinski definition) is 2. The fraction of sp³-hybridized carbons (Fsp3) is 0.222. The van der Waals surface area contributed by atoms with E-state index >= 15 is 0 Å². The molecule has 0 saturated heterocycles. The third-order valence-corrected chi connectivity index (χ3v) is 4.14. The van der Waals surface area contributed by atoms with Crippen LogP contribution in [0.3, 0.4) is 0 Å². The Morgan fingerprint density at radius 2 is 1.87 bits per heavy atom. The van der Waals surface area contributed by atoms with Gasteiger partial charge in [-0.05, 0) is 28.8 Å². The summed E-state index contributed by atoms with van der Waals surface area (Å²) in [6.07, 6.45) is 0.462. The molecule has 5 heteroatoms. The van der Waals surface area contributed by atoms with E-state index in [0.717, 1.165) is 11.1 Å². The van der Waals surface area contributed by atoms with E-state index in [4.69, 9.17) is 5.73 Å². The van der Waals surface area contributed by atoms with Crippen molar-refractivity contribution in [3.8, 4) is 0 Å². The van der Waals surface area contributed by atoms with Gasteiger partial charge in [-0.2, -0.15) is 0 Å². The first-order chi connectivity index (χ1) is 11.0. The molecule has 118 valence electrons. The van der Waals surface area contributed by atoms with E-state index in [2.05, 4.69) is 0 Å². The minimum Gasteiger partial charge on any atom is -0.368 e. The largest absolute Gasteiger partial charge is 0.368 e. The molecule has 0 radical (unpaired) electrons. The van der Waals surface area contributed by atoms with Gasteiger partial charge in [0.2, 0.25) is 11.8 Å². The number of benzene rings is 2. The molecule has 3 rings (SSSR count). The predicted molar refractivity (Wildman–Crippen MR) is 83.8 cm³/mol. The van der Waals surface area contributed by atoms with Gasteiger partial charge >= 0.3 is 0 Å². The second-order valence-corrected chi connectivity index (χ2v) is 5.72. The Balaban J connectivity index is 1.84. The molecule has 1 heterocycles. The van der Waals surface area contributed by atoms with Crippen molar-refractivity contribution in [3.63, 3.8) is 0 Å². The van der Waals surface area contributed by atoms with E-state index in [1.165, 1.54) is 17.0 Å². The Morgan fingerprint density at radius 3 is 2.57 bits per heavy atom. The van der Waals surface area contributed by atoms with Gasteiger partial charge in [-0.1, -0.05) is 36.4 Å². The van der Waals surface area contributed by atoms with Gasteiger partial charge in [0.05, 0.1) is 6.42 Å². The maximum Gasteiger partial charge on any atom is 0.240 e. The van der Waals surface area contributed by atoms with Crippen molar-refractivity contribution in [2.45, 2.75) is 25.4 Å². The van der Waals surface area contributed by atoms with Crippen LogP contribution in [0, 0.1) is 5.82 Å². The number of carbonyl (C=O) groups is 2. The van der Waals surface area contributed by atoms with E-state index in [9.17, 15) is 14.0 Å². The number of amides is 2. The molecule has 2 N–H and O–H groups in total. The van der Waals surface area contributed by atoms with E-state index in [1.807, 2.05) is 24.3 Å². The number of carbonyl (C=O) groups excluding carboxylic acids is 2. The van der Waals surface area contributed by atoms with Crippen LogP contribution in [0.1, 0.15) is 16.7 Å². The third kappa shape index (κ3) is 3.23. The first-order valence-electron chi connectivity index (χ1n) is 7.44. The Morgan fingerprint density at radius 1 is 1.13 bits per heavy atom. The highest BCUT2D eigenvalue weighted by Gasteiger charge is 2.33. The topological polar surface area (TPSA) is 63.4 Å². The normalized spacial score (nSPS) is 16.7. The van der Waals surface area contributed by atoms with Gasteiger partial charge in [-0.3, -0.25) is 9.59 Å². The molecule has 0 spiro atoms. The SMILES string of the molecule is NC(=O)C1Cc2ccccc2CN1C(=O)Cc1cccc(F)c1. The zero-order chi connectivity index (χ0) is 16.4. The van der Waals surface area contributed by atoms with Crippen LogP contribution in [0.5, 0.6) is 0 Å². The molecule has 2 aromatic rings. The van der Waals surface area contributed by atoms with Gasteiger partial charge in [0.1, 0.15) is 11.9 Å². The number of hydrogen-bond donors (Lipinski definition) is 1. The molecule has 0 aliphatic carbocycles. The quantitative estimate of drug-likeness (QED) is 0.939. The molecular weight excluding hydrogens is 295 g/mol. The zero-order valence-electron chi connectivity index (χ0n) is 12.5. The first kappa shape index (κ1) is 15.2. The molecule has 0 aromatic heterocycles. The number of rotatable bonds is 3. The van der Waals surface area contributed by atoms with Crippen LogP contribution in [-0.4, -0.2) is 22.8 Å². The number of halogens is 1. The molecule has 0 fully saturated rings. The molecule has 1 atom stereocenters. The van der Waals surface area contributed by atoms with Crippen molar-refractivity contribution in [1.29, 1.82) is 0 Å². The lowest BCUT2D eigenvalue weighted by molar-refractivity contribution is -0.140. The summed E-state index contributed by atoms with van der Waals surface area (Å²) in [6.45, 7) is 0.345. The molecule has 0 bridgehead atoms. The van der Waals surface area contributed by atoms with Gasteiger partial charge in [0.15, 0.2) is 0 Å². The fourth-order valence-electron chi connectivity index (χ4n) is 2.96. The lowest BCUT2D eigenvalue weighted by atomic mass is 9.93. The van der Waals surface area contributed by atoms with Gasteiger partial charge in [0.25, 0.3) is 0 Å². The van der Waals surface area contributed by atoms with Gasteiger partial charge in [-0.25, -0.2) is 4.39 Å². The van der Waals surface area contributed by atoms with Crippen molar-refractivity contribution in [2.75, 3.05) is 0 Å². The average Bonchev–Trinajstić information content (AvgIpc) is 2.53. The summed E-state index contributed by atoms with van der Waals surface area (Å²) in [7, 11) is 0. The second kappa shape index (κ2) is 6.20. The van der Waals surface area contributed by atoms with Crippen molar-refractivity contribution >= 4 is 11.8 Å². The standard InChI is InChI=1S/C18H17FN2O2/c19-15-7-3-4-12(8-15)9-17(22)21-11-14-6-2-1-5-13(14)10-16(21)18(20)23/h1-8,16H,9-11H2,(H2,20,23). The molecule has 1 aliphatic heterocycles. The smallest absolute Gasteiger partial charge is 0.240 e. The Kier molecular flexibility index (Phi) is 4.10. The molecule has 2 aromatic carbocycles. The number of nitrogens with two attached hydrogens (primary N) is 1. The summed E-state index contributed by atoms with van der Waals surface area (Å²) >= 11 is 0. The second-order valence-electron chi connectivity index (χ2n) is 5.72. The molecule has 23 heavy (non-hydrogen) atoms. The average molecular weight is 312 g/mol. The number of nitrogens with zero attached hydrogens (tertiary/aromatic N) is 1. The van der Waals surface area contributed by atoms with E-state index in [-0.39, 0.29) is 18.1 Å².